The van der Waals surface area contributed by atoms with Gasteiger partial charge in [0.15, 0.2) is 5.65 Å². The summed E-state index contributed by atoms with van der Waals surface area (Å²) in [4.78, 5) is 17.2. The van der Waals surface area contributed by atoms with Gasteiger partial charge in [0, 0.05) is 46.9 Å². The average Bonchev–Trinajstić information content (AvgIpc) is 3.25. The van der Waals surface area contributed by atoms with E-state index in [0.29, 0.717) is 35.6 Å². The number of fused-ring (bicyclic) bond motifs is 2. The van der Waals surface area contributed by atoms with Crippen LogP contribution < -0.4 is 15.4 Å². The number of pyridine rings is 1. The molecule has 3 heterocycles. The Balaban J connectivity index is 1.43. The fourth-order valence-corrected chi connectivity index (χ4v) is 4.03. The van der Waals surface area contributed by atoms with Crippen LogP contribution in [0.4, 0.5) is 18.9 Å². The number of H-pyrrole nitrogens is 1. The summed E-state index contributed by atoms with van der Waals surface area (Å²) in [6, 6.07) is 11.7. The summed E-state index contributed by atoms with van der Waals surface area (Å²) in [7, 11) is 0. The van der Waals surface area contributed by atoms with Gasteiger partial charge in [0.2, 0.25) is 0 Å². The third kappa shape index (κ3) is 4.30. The number of aliphatic hydroxyl groups is 1. The Morgan fingerprint density at radius 3 is 2.74 bits per heavy atom. The maximum atomic E-state index is 12.7. The van der Waals surface area contributed by atoms with Crippen molar-refractivity contribution in [2.24, 2.45) is 0 Å². The van der Waals surface area contributed by atoms with Crippen LogP contribution in [0.25, 0.3) is 22.2 Å². The summed E-state index contributed by atoms with van der Waals surface area (Å²) in [5.41, 5.74) is 4.04. The van der Waals surface area contributed by atoms with E-state index < -0.39 is 24.1 Å². The van der Waals surface area contributed by atoms with Crippen LogP contribution >= 0.6 is 0 Å². The van der Waals surface area contributed by atoms with E-state index in [9.17, 15) is 23.1 Å². The van der Waals surface area contributed by atoms with Gasteiger partial charge in [0.05, 0.1) is 18.0 Å². The Kier molecular flexibility index (Phi) is 5.42. The zero-order valence-corrected chi connectivity index (χ0v) is 17.5. The molecule has 1 aliphatic heterocycles. The lowest BCUT2D eigenvalue weighted by atomic mass is 9.90. The number of ether oxygens (including phenoxy) is 1. The molecule has 1 amide bonds. The van der Waals surface area contributed by atoms with E-state index in [1.807, 2.05) is 0 Å². The van der Waals surface area contributed by atoms with Crippen LogP contribution in [-0.2, 0) is 6.54 Å². The van der Waals surface area contributed by atoms with Crippen molar-refractivity contribution in [1.82, 2.24) is 20.5 Å². The summed E-state index contributed by atoms with van der Waals surface area (Å²) >= 11 is 0. The molecule has 1 atom stereocenters. The molecule has 0 saturated heterocycles. The van der Waals surface area contributed by atoms with Crippen molar-refractivity contribution < 1.29 is 27.8 Å². The Bertz CT molecular complexity index is 1370. The highest BCUT2D eigenvalue weighted by molar-refractivity contribution is 6.05. The average molecular weight is 469 g/mol. The molecule has 34 heavy (non-hydrogen) atoms. The van der Waals surface area contributed by atoms with Crippen LogP contribution in [0, 0.1) is 0 Å². The predicted octanol–water partition coefficient (Wildman–Crippen LogP) is 3.91. The number of β-amino-alcohol motifs (C(OH)–C–C–N with tert-alkyl or cyclic N) is 1. The Labute approximate surface area is 190 Å². The fourth-order valence-electron chi connectivity index (χ4n) is 4.03. The van der Waals surface area contributed by atoms with Crippen molar-refractivity contribution in [3.05, 3.63) is 71.5 Å². The van der Waals surface area contributed by atoms with Gasteiger partial charge < -0.3 is 20.5 Å². The van der Waals surface area contributed by atoms with Gasteiger partial charge in [0.25, 0.3) is 5.91 Å². The SMILES string of the molecule is O=C(Nc1cccc(OC(F)(F)F)c1)c1ccc(-c2c3c(nc4[nH]ncc24)CNCC3O)cc1. The van der Waals surface area contributed by atoms with Crippen molar-refractivity contribution >= 4 is 22.6 Å². The number of benzene rings is 2. The second kappa shape index (κ2) is 8.43. The lowest BCUT2D eigenvalue weighted by Gasteiger charge is -2.25. The summed E-state index contributed by atoms with van der Waals surface area (Å²) in [6.45, 7) is 0.897. The lowest BCUT2D eigenvalue weighted by molar-refractivity contribution is -0.274. The molecule has 0 spiro atoms. The second-order valence-electron chi connectivity index (χ2n) is 7.73. The maximum absolute atomic E-state index is 12.7. The zero-order valence-electron chi connectivity index (χ0n) is 17.5. The van der Waals surface area contributed by atoms with E-state index in [1.165, 1.54) is 12.1 Å². The number of anilines is 1. The number of nitrogens with zero attached hydrogens (tertiary/aromatic N) is 2. The van der Waals surface area contributed by atoms with Crippen molar-refractivity contribution in [2.75, 3.05) is 11.9 Å². The first-order chi connectivity index (χ1) is 16.3. The Hall–Kier alpha value is -3.96. The molecule has 0 saturated carbocycles. The molecule has 0 fully saturated rings. The van der Waals surface area contributed by atoms with E-state index in [0.717, 1.165) is 28.6 Å². The maximum Gasteiger partial charge on any atom is 0.573 e. The largest absolute Gasteiger partial charge is 0.573 e. The second-order valence-corrected chi connectivity index (χ2v) is 7.73. The third-order valence-corrected chi connectivity index (χ3v) is 5.44. The first-order valence-corrected chi connectivity index (χ1v) is 10.3. The molecule has 11 heteroatoms. The third-order valence-electron chi connectivity index (χ3n) is 5.44. The molecule has 4 aromatic rings. The molecular formula is C23H18F3N5O3. The van der Waals surface area contributed by atoms with Crippen molar-refractivity contribution in [2.45, 2.75) is 19.0 Å². The monoisotopic (exact) mass is 469 g/mol. The van der Waals surface area contributed by atoms with Crippen LogP contribution in [0.3, 0.4) is 0 Å². The van der Waals surface area contributed by atoms with Crippen LogP contribution in [0.15, 0.2) is 54.7 Å². The number of carbonyl (C=O) groups is 1. The van der Waals surface area contributed by atoms with Crippen LogP contribution in [0.2, 0.25) is 0 Å². The Morgan fingerprint density at radius 1 is 1.18 bits per heavy atom. The van der Waals surface area contributed by atoms with Gasteiger partial charge in [-0.3, -0.25) is 9.89 Å². The van der Waals surface area contributed by atoms with Gasteiger partial charge in [-0.25, -0.2) is 4.98 Å². The zero-order chi connectivity index (χ0) is 23.9. The molecule has 2 aromatic heterocycles. The van der Waals surface area contributed by atoms with Gasteiger partial charge in [-0.2, -0.15) is 5.10 Å². The number of halogens is 3. The molecule has 0 bridgehead atoms. The molecule has 5 rings (SSSR count). The topological polar surface area (TPSA) is 112 Å². The number of nitrogens with one attached hydrogen (secondary N) is 3. The van der Waals surface area contributed by atoms with Gasteiger partial charge in [-0.15, -0.1) is 13.2 Å². The highest BCUT2D eigenvalue weighted by Crippen LogP contribution is 2.37. The molecular weight excluding hydrogens is 451 g/mol. The van der Waals surface area contributed by atoms with E-state index in [4.69, 9.17) is 0 Å². The highest BCUT2D eigenvalue weighted by atomic mass is 19.4. The van der Waals surface area contributed by atoms with E-state index >= 15 is 0 Å². The molecule has 1 unspecified atom stereocenters. The number of hydrogen-bond donors (Lipinski definition) is 4. The molecule has 4 N–H and O–H groups in total. The summed E-state index contributed by atoms with van der Waals surface area (Å²) < 4.78 is 41.2. The minimum Gasteiger partial charge on any atom is -0.406 e. The van der Waals surface area contributed by atoms with Crippen LogP contribution in [0.5, 0.6) is 5.75 Å². The first-order valence-electron chi connectivity index (χ1n) is 10.3. The summed E-state index contributed by atoms with van der Waals surface area (Å²) in [5, 5.41) is 24.0. The normalized spacial score (nSPS) is 15.7. The smallest absolute Gasteiger partial charge is 0.406 e. The number of hydrogen-bond acceptors (Lipinski definition) is 6. The lowest BCUT2D eigenvalue weighted by Crippen LogP contribution is -2.29. The van der Waals surface area contributed by atoms with Crippen LogP contribution in [-0.4, -0.2) is 39.1 Å². The van der Waals surface area contributed by atoms with Crippen LogP contribution in [0.1, 0.15) is 27.7 Å². The summed E-state index contributed by atoms with van der Waals surface area (Å²) in [5.74, 6) is -0.926. The molecule has 0 aliphatic carbocycles. The number of carbonyl (C=O) groups excluding carboxylic acids is 1. The standard InChI is InChI=1S/C23H18F3N5O3/c24-23(25,26)34-15-3-1-2-14(8-15)29-22(33)13-6-4-12(5-7-13)19-16-9-28-31-21(16)30-17-10-27-11-18(32)20(17)19/h1-9,18,27,32H,10-11H2,(H,29,33)(H,28,30,31). The minimum atomic E-state index is -4.82. The van der Waals surface area contributed by atoms with Gasteiger partial charge in [-0.1, -0.05) is 18.2 Å². The fraction of sp³-hybridized carbons (Fsp3) is 0.174. The van der Waals surface area contributed by atoms with E-state index in [-0.39, 0.29) is 5.69 Å². The van der Waals surface area contributed by atoms with Gasteiger partial charge in [0.1, 0.15) is 5.75 Å². The van der Waals surface area contributed by atoms with Gasteiger partial charge >= 0.3 is 6.36 Å². The summed E-state index contributed by atoms with van der Waals surface area (Å²) in [6.07, 6.45) is -3.93. The van der Waals surface area contributed by atoms with Crippen molar-refractivity contribution in [3.63, 3.8) is 0 Å². The number of aromatic nitrogens is 3. The number of aromatic amines is 1. The molecule has 0 radical (unpaired) electrons. The molecule has 8 nitrogen and oxygen atoms in total. The van der Waals surface area contributed by atoms with Gasteiger partial charge in [-0.05, 0) is 29.8 Å². The first kappa shape index (κ1) is 21.9. The molecule has 174 valence electrons. The number of rotatable bonds is 4. The Morgan fingerprint density at radius 2 is 1.97 bits per heavy atom. The number of alkyl halides is 3. The molecule has 2 aromatic carbocycles. The quantitative estimate of drug-likeness (QED) is 0.361. The minimum absolute atomic E-state index is 0.162. The van der Waals surface area contributed by atoms with Crippen molar-refractivity contribution in [3.8, 4) is 16.9 Å². The number of aliphatic hydroxyl groups excluding tert-OH is 1. The predicted molar refractivity (Wildman–Crippen MR) is 117 cm³/mol. The van der Waals surface area contributed by atoms with E-state index in [2.05, 4.69) is 30.6 Å². The van der Waals surface area contributed by atoms with E-state index in [1.54, 1.807) is 30.5 Å². The highest BCUT2D eigenvalue weighted by Gasteiger charge is 2.31. The molecule has 1 aliphatic rings. The van der Waals surface area contributed by atoms with Crippen molar-refractivity contribution in [1.29, 1.82) is 0 Å². The number of amides is 1.